The van der Waals surface area contributed by atoms with Gasteiger partial charge in [-0.05, 0) is 49.2 Å². The second kappa shape index (κ2) is 8.76. The maximum Gasteiger partial charge on any atom is 0.387 e. The molecular formula is C19H18ClF2NO3. The Morgan fingerprint density at radius 3 is 2.42 bits per heavy atom. The Morgan fingerprint density at radius 1 is 1.08 bits per heavy atom. The summed E-state index contributed by atoms with van der Waals surface area (Å²) >= 11 is 5.83. The van der Waals surface area contributed by atoms with Gasteiger partial charge in [0, 0.05) is 24.1 Å². The first kappa shape index (κ1) is 19.8. The second-order valence-electron chi connectivity index (χ2n) is 5.79. The van der Waals surface area contributed by atoms with E-state index in [9.17, 15) is 18.4 Å². The summed E-state index contributed by atoms with van der Waals surface area (Å²) in [5.41, 5.74) is 3.01. The fraction of sp³-hybridized carbons (Fsp3) is 0.263. The lowest BCUT2D eigenvalue weighted by Gasteiger charge is -2.09. The first-order chi connectivity index (χ1) is 12.3. The zero-order valence-electron chi connectivity index (χ0n) is 14.3. The van der Waals surface area contributed by atoms with Crippen molar-refractivity contribution in [3.8, 4) is 5.75 Å². The molecule has 0 heterocycles. The van der Waals surface area contributed by atoms with Crippen molar-refractivity contribution in [2.45, 2.75) is 33.3 Å². The molecular weight excluding hydrogens is 364 g/mol. The van der Waals surface area contributed by atoms with Crippen LogP contribution in [-0.4, -0.2) is 18.3 Å². The van der Waals surface area contributed by atoms with Crippen LogP contribution in [0, 0.1) is 13.8 Å². The van der Waals surface area contributed by atoms with E-state index in [1.165, 1.54) is 18.2 Å². The number of aryl methyl sites for hydroxylation is 2. The van der Waals surface area contributed by atoms with Crippen LogP contribution in [0.2, 0.25) is 5.02 Å². The van der Waals surface area contributed by atoms with E-state index >= 15 is 0 Å². The van der Waals surface area contributed by atoms with Crippen LogP contribution in [-0.2, 0) is 4.79 Å². The number of halogens is 3. The molecule has 0 bridgehead atoms. The molecule has 0 saturated heterocycles. The van der Waals surface area contributed by atoms with Crippen molar-refractivity contribution in [3.05, 3.63) is 58.1 Å². The third-order valence-corrected chi connectivity index (χ3v) is 4.14. The predicted molar refractivity (Wildman–Crippen MR) is 96.2 cm³/mol. The van der Waals surface area contributed by atoms with Gasteiger partial charge in [0.2, 0.25) is 5.91 Å². The number of alkyl halides is 2. The number of nitrogens with one attached hydrogen (secondary N) is 1. The number of Topliss-reactive ketones (excluding diaryl/α,β-unsaturated/α-hetero) is 1. The van der Waals surface area contributed by atoms with Crippen molar-refractivity contribution >= 4 is 29.0 Å². The van der Waals surface area contributed by atoms with Crippen LogP contribution >= 0.6 is 11.6 Å². The van der Waals surface area contributed by atoms with Crippen molar-refractivity contribution in [1.29, 1.82) is 0 Å². The minimum atomic E-state index is -2.98. The molecule has 0 fully saturated rings. The second-order valence-corrected chi connectivity index (χ2v) is 6.20. The van der Waals surface area contributed by atoms with E-state index in [4.69, 9.17) is 11.6 Å². The highest BCUT2D eigenvalue weighted by molar-refractivity contribution is 6.32. The minimum absolute atomic E-state index is 0.00133. The lowest BCUT2D eigenvalue weighted by Crippen LogP contribution is -2.13. The molecule has 0 aromatic heterocycles. The molecule has 4 nitrogen and oxygen atoms in total. The number of rotatable bonds is 7. The maximum absolute atomic E-state index is 12.2. The monoisotopic (exact) mass is 381 g/mol. The molecule has 2 aromatic carbocycles. The summed E-state index contributed by atoms with van der Waals surface area (Å²) in [7, 11) is 0. The van der Waals surface area contributed by atoms with Crippen LogP contribution in [0.4, 0.5) is 14.5 Å². The first-order valence-corrected chi connectivity index (χ1v) is 8.28. The lowest BCUT2D eigenvalue weighted by molar-refractivity contribution is -0.116. The van der Waals surface area contributed by atoms with Crippen LogP contribution in [0.3, 0.4) is 0 Å². The number of amides is 1. The normalized spacial score (nSPS) is 10.7. The molecule has 138 valence electrons. The number of anilines is 1. The Labute approximate surface area is 155 Å². The van der Waals surface area contributed by atoms with Gasteiger partial charge in [-0.2, -0.15) is 8.78 Å². The number of benzene rings is 2. The molecule has 0 radical (unpaired) electrons. The van der Waals surface area contributed by atoms with Crippen molar-refractivity contribution < 1.29 is 23.1 Å². The van der Waals surface area contributed by atoms with Crippen molar-refractivity contribution in [1.82, 2.24) is 0 Å². The fourth-order valence-corrected chi connectivity index (χ4v) is 2.50. The average Bonchev–Trinajstić information content (AvgIpc) is 2.57. The van der Waals surface area contributed by atoms with Gasteiger partial charge >= 0.3 is 6.61 Å². The van der Waals surface area contributed by atoms with Gasteiger partial charge in [0.15, 0.2) is 5.78 Å². The topological polar surface area (TPSA) is 55.4 Å². The summed E-state index contributed by atoms with van der Waals surface area (Å²) in [4.78, 5) is 24.2. The largest absolute Gasteiger partial charge is 0.433 e. The third-order valence-electron chi connectivity index (χ3n) is 3.84. The Hall–Kier alpha value is -2.47. The standard InChI is InChI=1S/C19H18ClF2NO3/c1-11-3-4-13(9-12(11)2)16(24)6-8-18(25)23-14-5-7-17(15(20)10-14)26-19(21)22/h3-5,7,9-10,19H,6,8H2,1-2H3,(H,23,25). The highest BCUT2D eigenvalue weighted by atomic mass is 35.5. The highest BCUT2D eigenvalue weighted by Crippen LogP contribution is 2.29. The summed E-state index contributed by atoms with van der Waals surface area (Å²) < 4.78 is 28.6. The first-order valence-electron chi connectivity index (χ1n) is 7.91. The van der Waals surface area contributed by atoms with E-state index in [1.54, 1.807) is 12.1 Å². The van der Waals surface area contributed by atoms with Crippen LogP contribution < -0.4 is 10.1 Å². The van der Waals surface area contributed by atoms with E-state index in [-0.39, 0.29) is 35.3 Å². The Bertz CT molecular complexity index is 824. The Balaban J connectivity index is 1.91. The van der Waals surface area contributed by atoms with Gasteiger partial charge in [-0.25, -0.2) is 0 Å². The van der Waals surface area contributed by atoms with Crippen LogP contribution in [0.25, 0.3) is 0 Å². The van der Waals surface area contributed by atoms with Gasteiger partial charge in [0.25, 0.3) is 0 Å². The zero-order chi connectivity index (χ0) is 19.3. The van der Waals surface area contributed by atoms with Gasteiger partial charge in [0.1, 0.15) is 5.75 Å². The third kappa shape index (κ3) is 5.52. The van der Waals surface area contributed by atoms with Gasteiger partial charge in [-0.15, -0.1) is 0 Å². The summed E-state index contributed by atoms with van der Waals surface area (Å²) in [6.07, 6.45) is 0.0628. The van der Waals surface area contributed by atoms with Crippen molar-refractivity contribution in [3.63, 3.8) is 0 Å². The molecule has 0 aliphatic rings. The average molecular weight is 382 g/mol. The molecule has 0 unspecified atom stereocenters. The summed E-state index contributed by atoms with van der Waals surface area (Å²) in [5, 5.41) is 2.53. The van der Waals surface area contributed by atoms with Crippen LogP contribution in [0.15, 0.2) is 36.4 Å². The number of ketones is 1. The molecule has 26 heavy (non-hydrogen) atoms. The molecule has 1 N–H and O–H groups in total. The van der Waals surface area contributed by atoms with Crippen LogP contribution in [0.5, 0.6) is 5.75 Å². The van der Waals surface area contributed by atoms with Gasteiger partial charge in [0.05, 0.1) is 5.02 Å². The minimum Gasteiger partial charge on any atom is -0.433 e. The number of carbonyl (C=O) groups is 2. The molecule has 2 aromatic rings. The summed E-state index contributed by atoms with van der Waals surface area (Å²) in [6, 6.07) is 9.36. The Morgan fingerprint density at radius 2 is 1.81 bits per heavy atom. The highest BCUT2D eigenvalue weighted by Gasteiger charge is 2.12. The van der Waals surface area contributed by atoms with E-state index in [0.717, 1.165) is 11.1 Å². The van der Waals surface area contributed by atoms with Crippen molar-refractivity contribution in [2.75, 3.05) is 5.32 Å². The molecule has 0 saturated carbocycles. The van der Waals surface area contributed by atoms with E-state index in [1.807, 2.05) is 19.9 Å². The molecule has 0 aliphatic carbocycles. The van der Waals surface area contributed by atoms with Gasteiger partial charge in [-0.1, -0.05) is 23.7 Å². The molecule has 1 amide bonds. The van der Waals surface area contributed by atoms with E-state index in [2.05, 4.69) is 10.1 Å². The number of carbonyl (C=O) groups excluding carboxylic acids is 2. The SMILES string of the molecule is Cc1ccc(C(=O)CCC(=O)Nc2ccc(OC(F)F)c(Cl)c2)cc1C. The quantitative estimate of drug-likeness (QED) is 0.674. The smallest absolute Gasteiger partial charge is 0.387 e. The van der Waals surface area contributed by atoms with E-state index in [0.29, 0.717) is 11.3 Å². The molecule has 0 atom stereocenters. The number of hydrogen-bond donors (Lipinski definition) is 1. The lowest BCUT2D eigenvalue weighted by atomic mass is 10.0. The molecule has 2 rings (SSSR count). The van der Waals surface area contributed by atoms with Crippen molar-refractivity contribution in [2.24, 2.45) is 0 Å². The number of hydrogen-bond acceptors (Lipinski definition) is 3. The molecule has 0 aliphatic heterocycles. The molecule has 7 heteroatoms. The van der Waals surface area contributed by atoms with Gasteiger partial charge < -0.3 is 10.1 Å². The van der Waals surface area contributed by atoms with Crippen LogP contribution in [0.1, 0.15) is 34.3 Å². The Kier molecular flexibility index (Phi) is 6.69. The van der Waals surface area contributed by atoms with E-state index < -0.39 is 6.61 Å². The number of ether oxygens (including phenoxy) is 1. The maximum atomic E-state index is 12.2. The van der Waals surface area contributed by atoms with Gasteiger partial charge in [-0.3, -0.25) is 9.59 Å². The summed E-state index contributed by atoms with van der Waals surface area (Å²) in [5.74, 6) is -0.674. The fourth-order valence-electron chi connectivity index (χ4n) is 2.28. The summed E-state index contributed by atoms with van der Waals surface area (Å²) in [6.45, 7) is 0.897. The predicted octanol–water partition coefficient (Wildman–Crippen LogP) is 5.16. The molecule has 0 spiro atoms. The zero-order valence-corrected chi connectivity index (χ0v) is 15.1.